The molecule has 0 aliphatic carbocycles. The van der Waals surface area contributed by atoms with Gasteiger partial charge in [0.05, 0.1) is 5.56 Å². The highest BCUT2D eigenvalue weighted by Crippen LogP contribution is 2.16. The molecule has 1 rings (SSSR count). The molecule has 0 radical (unpaired) electrons. The van der Waals surface area contributed by atoms with Gasteiger partial charge in [0.15, 0.2) is 0 Å². The molecule has 0 saturated heterocycles. The number of rotatable bonds is 5. The molecule has 1 amide bonds. The molecule has 1 unspecified atom stereocenters. The van der Waals surface area contributed by atoms with Crippen molar-refractivity contribution in [3.63, 3.8) is 0 Å². The van der Waals surface area contributed by atoms with Crippen LogP contribution in [0.2, 0.25) is 0 Å². The number of anilines is 1. The molecule has 0 spiro atoms. The first-order valence-electron chi connectivity index (χ1n) is 5.83. The van der Waals surface area contributed by atoms with Crippen molar-refractivity contribution in [1.82, 2.24) is 5.32 Å². The van der Waals surface area contributed by atoms with E-state index >= 15 is 0 Å². The maximum atomic E-state index is 12.0. The van der Waals surface area contributed by atoms with Crippen LogP contribution in [0.3, 0.4) is 0 Å². The summed E-state index contributed by atoms with van der Waals surface area (Å²) in [5.74, 6) is -0.0823. The van der Waals surface area contributed by atoms with Crippen LogP contribution in [0.25, 0.3) is 0 Å². The van der Waals surface area contributed by atoms with Crippen molar-refractivity contribution in [3.8, 4) is 0 Å². The van der Waals surface area contributed by atoms with Gasteiger partial charge in [0.25, 0.3) is 5.91 Å². The minimum atomic E-state index is -0.0823. The van der Waals surface area contributed by atoms with Crippen molar-refractivity contribution < 1.29 is 4.79 Å². The van der Waals surface area contributed by atoms with Crippen LogP contribution < -0.4 is 10.6 Å². The van der Waals surface area contributed by atoms with Crippen LogP contribution in [0.5, 0.6) is 0 Å². The smallest absolute Gasteiger partial charge is 0.253 e. The number of hydrogen-bond acceptors (Lipinski definition) is 2. The van der Waals surface area contributed by atoms with E-state index in [1.807, 2.05) is 45.0 Å². The Labute approximate surface area is 103 Å². The number of hydrogen-bond donors (Lipinski definition) is 2. The third-order valence-electron chi connectivity index (χ3n) is 2.33. The molecule has 0 fully saturated rings. The largest absolute Gasteiger partial charge is 0.382 e. The zero-order valence-electron chi connectivity index (χ0n) is 10.7. The SMILES string of the molecule is C=CC(C)NC(=O)c1ccccc1NC(C)C. The van der Waals surface area contributed by atoms with Crippen molar-refractivity contribution in [1.29, 1.82) is 0 Å². The van der Waals surface area contributed by atoms with E-state index < -0.39 is 0 Å². The van der Waals surface area contributed by atoms with Gasteiger partial charge in [0, 0.05) is 17.8 Å². The third kappa shape index (κ3) is 3.94. The third-order valence-corrected chi connectivity index (χ3v) is 2.33. The van der Waals surface area contributed by atoms with Crippen molar-refractivity contribution in [2.45, 2.75) is 32.9 Å². The van der Waals surface area contributed by atoms with Gasteiger partial charge >= 0.3 is 0 Å². The van der Waals surface area contributed by atoms with E-state index in [4.69, 9.17) is 0 Å². The molecule has 1 aromatic rings. The van der Waals surface area contributed by atoms with Crippen LogP contribution >= 0.6 is 0 Å². The number of carbonyl (C=O) groups excluding carboxylic acids is 1. The van der Waals surface area contributed by atoms with Crippen molar-refractivity contribution in [2.24, 2.45) is 0 Å². The number of nitrogens with one attached hydrogen (secondary N) is 2. The normalized spacial score (nSPS) is 12.0. The van der Waals surface area contributed by atoms with Crippen LogP contribution in [-0.2, 0) is 0 Å². The lowest BCUT2D eigenvalue weighted by atomic mass is 10.1. The van der Waals surface area contributed by atoms with Gasteiger partial charge in [-0.3, -0.25) is 4.79 Å². The average molecular weight is 232 g/mol. The van der Waals surface area contributed by atoms with Gasteiger partial charge in [-0.1, -0.05) is 18.2 Å². The summed E-state index contributed by atoms with van der Waals surface area (Å²) >= 11 is 0. The Morgan fingerprint density at radius 2 is 1.94 bits per heavy atom. The van der Waals surface area contributed by atoms with Crippen LogP contribution in [0.1, 0.15) is 31.1 Å². The molecule has 17 heavy (non-hydrogen) atoms. The number of benzene rings is 1. The highest BCUT2D eigenvalue weighted by atomic mass is 16.1. The van der Waals surface area contributed by atoms with Gasteiger partial charge in [0.1, 0.15) is 0 Å². The number of para-hydroxylation sites is 1. The topological polar surface area (TPSA) is 41.1 Å². The van der Waals surface area contributed by atoms with Gasteiger partial charge < -0.3 is 10.6 Å². The second kappa shape index (κ2) is 6.09. The molecular weight excluding hydrogens is 212 g/mol. The molecule has 0 aliphatic rings. The minimum absolute atomic E-state index is 0.0328. The van der Waals surface area contributed by atoms with Gasteiger partial charge in [-0.05, 0) is 32.9 Å². The predicted molar refractivity (Wildman–Crippen MR) is 72.3 cm³/mol. The molecule has 3 heteroatoms. The first-order chi connectivity index (χ1) is 8.04. The second-order valence-electron chi connectivity index (χ2n) is 4.34. The minimum Gasteiger partial charge on any atom is -0.382 e. The summed E-state index contributed by atoms with van der Waals surface area (Å²) in [6.45, 7) is 9.63. The van der Waals surface area contributed by atoms with Gasteiger partial charge in [0.2, 0.25) is 0 Å². The quantitative estimate of drug-likeness (QED) is 0.766. The maximum absolute atomic E-state index is 12.0. The molecule has 3 nitrogen and oxygen atoms in total. The summed E-state index contributed by atoms with van der Waals surface area (Å²) in [6.07, 6.45) is 1.70. The molecule has 0 aliphatic heterocycles. The molecule has 2 N–H and O–H groups in total. The highest BCUT2D eigenvalue weighted by molar-refractivity contribution is 5.99. The lowest BCUT2D eigenvalue weighted by Crippen LogP contribution is -2.31. The predicted octanol–water partition coefficient (Wildman–Crippen LogP) is 2.81. The average Bonchev–Trinajstić information content (AvgIpc) is 2.28. The monoisotopic (exact) mass is 232 g/mol. The van der Waals surface area contributed by atoms with Crippen LogP contribution in [0.4, 0.5) is 5.69 Å². The van der Waals surface area contributed by atoms with E-state index in [2.05, 4.69) is 17.2 Å². The molecule has 0 aromatic heterocycles. The first kappa shape index (κ1) is 13.3. The van der Waals surface area contributed by atoms with E-state index in [0.717, 1.165) is 5.69 Å². The molecule has 0 saturated carbocycles. The molecular formula is C14H20N2O. The number of amides is 1. The summed E-state index contributed by atoms with van der Waals surface area (Å²) in [5.41, 5.74) is 1.52. The summed E-state index contributed by atoms with van der Waals surface area (Å²) in [6, 6.07) is 7.76. The Morgan fingerprint density at radius 1 is 1.29 bits per heavy atom. The highest BCUT2D eigenvalue weighted by Gasteiger charge is 2.12. The lowest BCUT2D eigenvalue weighted by Gasteiger charge is -2.15. The van der Waals surface area contributed by atoms with Crippen LogP contribution in [0.15, 0.2) is 36.9 Å². The molecule has 1 aromatic carbocycles. The Morgan fingerprint density at radius 3 is 2.53 bits per heavy atom. The van der Waals surface area contributed by atoms with Crippen LogP contribution in [-0.4, -0.2) is 18.0 Å². The standard InChI is InChI=1S/C14H20N2O/c1-5-11(4)16-14(17)12-8-6-7-9-13(12)15-10(2)3/h5-11,15H,1H2,2-4H3,(H,16,17). The number of carbonyl (C=O) groups is 1. The van der Waals surface area contributed by atoms with E-state index in [0.29, 0.717) is 11.6 Å². The maximum Gasteiger partial charge on any atom is 0.253 e. The lowest BCUT2D eigenvalue weighted by molar-refractivity contribution is 0.0948. The van der Waals surface area contributed by atoms with Gasteiger partial charge in [-0.15, -0.1) is 6.58 Å². The fraction of sp³-hybridized carbons (Fsp3) is 0.357. The Bertz CT molecular complexity index is 399. The second-order valence-corrected chi connectivity index (χ2v) is 4.34. The van der Waals surface area contributed by atoms with Crippen molar-refractivity contribution in [2.75, 3.05) is 5.32 Å². The summed E-state index contributed by atoms with van der Waals surface area (Å²) < 4.78 is 0. The van der Waals surface area contributed by atoms with E-state index in [1.165, 1.54) is 0 Å². The summed E-state index contributed by atoms with van der Waals surface area (Å²) in [4.78, 5) is 12.0. The van der Waals surface area contributed by atoms with Crippen LogP contribution in [0, 0.1) is 0 Å². The molecule has 0 bridgehead atoms. The summed E-state index contributed by atoms with van der Waals surface area (Å²) in [7, 11) is 0. The van der Waals surface area contributed by atoms with Crippen molar-refractivity contribution in [3.05, 3.63) is 42.5 Å². The molecule has 1 atom stereocenters. The van der Waals surface area contributed by atoms with Crippen molar-refractivity contribution >= 4 is 11.6 Å². The van der Waals surface area contributed by atoms with E-state index in [-0.39, 0.29) is 11.9 Å². The molecule has 92 valence electrons. The first-order valence-corrected chi connectivity index (χ1v) is 5.83. The molecule has 0 heterocycles. The Hall–Kier alpha value is -1.77. The van der Waals surface area contributed by atoms with Gasteiger partial charge in [-0.25, -0.2) is 0 Å². The Kier molecular flexibility index (Phi) is 4.76. The fourth-order valence-electron chi connectivity index (χ4n) is 1.46. The van der Waals surface area contributed by atoms with E-state index in [1.54, 1.807) is 6.08 Å². The Balaban J connectivity index is 2.88. The van der Waals surface area contributed by atoms with E-state index in [9.17, 15) is 4.79 Å². The zero-order valence-corrected chi connectivity index (χ0v) is 10.7. The summed E-state index contributed by atoms with van der Waals surface area (Å²) in [5, 5.41) is 6.12. The van der Waals surface area contributed by atoms with Gasteiger partial charge in [-0.2, -0.15) is 0 Å². The zero-order chi connectivity index (χ0) is 12.8. The fourth-order valence-corrected chi connectivity index (χ4v) is 1.46.